The zero-order valence-corrected chi connectivity index (χ0v) is 26.6. The van der Waals surface area contributed by atoms with Crippen molar-refractivity contribution in [3.63, 3.8) is 0 Å². The summed E-state index contributed by atoms with van der Waals surface area (Å²) in [4.78, 5) is 13.9. The molecular weight excluding hydrogens is 649 g/mol. The molecule has 0 bridgehead atoms. The molecule has 0 amide bonds. The molecule has 0 spiro atoms. The molecule has 0 aliphatic rings. The average Bonchev–Trinajstić information content (AvgIpc) is 4.11. The predicted octanol–water partition coefficient (Wildman–Crippen LogP) is 10.8. The molecule has 0 saturated carbocycles. The monoisotopic (exact) mass is 708 g/mol. The maximum atomic E-state index is 9.39. The van der Waals surface area contributed by atoms with Crippen LogP contribution in [0.25, 0.3) is 77.3 Å². The lowest BCUT2D eigenvalue weighted by molar-refractivity contribution is 0.814. The Morgan fingerprint density at radius 1 is 0.358 bits per heavy atom. The van der Waals surface area contributed by atoms with Crippen LogP contribution in [0, 0.1) is 0 Å². The zero-order valence-electron chi connectivity index (χ0n) is 54.6. The Hall–Kier alpha value is -7.05. The van der Waals surface area contributed by atoms with Crippen LogP contribution in [0.15, 0.2) is 169 Å². The Labute approximate surface area is 344 Å². The molecule has 0 N–H and O–H groups in total. The molecule has 11 aromatic rings. The highest BCUT2D eigenvalue weighted by Crippen LogP contribution is 2.34. The summed E-state index contributed by atoms with van der Waals surface area (Å²) in [7, 11) is 0. The summed E-state index contributed by atoms with van der Waals surface area (Å²) in [6, 6.07) is -22.3. The number of rotatable bonds is 6. The first-order valence-corrected chi connectivity index (χ1v) is 15.8. The van der Waals surface area contributed by atoms with E-state index in [1.807, 2.05) is 0 Å². The van der Waals surface area contributed by atoms with Gasteiger partial charge in [0.1, 0.15) is 5.82 Å². The lowest BCUT2D eigenvalue weighted by atomic mass is 10.0. The van der Waals surface area contributed by atoms with E-state index in [1.54, 1.807) is 0 Å². The molecule has 4 heterocycles. The summed E-state index contributed by atoms with van der Waals surface area (Å²) in [5.74, 6) is -2.15. The van der Waals surface area contributed by atoms with E-state index in [-0.39, 0.29) is 27.4 Å². The summed E-state index contributed by atoms with van der Waals surface area (Å²) < 4.78 is 251. The van der Waals surface area contributed by atoms with Crippen LogP contribution in [-0.4, -0.2) is 28.7 Å². The summed E-state index contributed by atoms with van der Waals surface area (Å²) in [5, 5.41) is -2.49. The summed E-state index contributed by atoms with van der Waals surface area (Å²) in [5.41, 5.74) is -3.72. The number of para-hydroxylation sites is 6. The van der Waals surface area contributed by atoms with Crippen molar-refractivity contribution in [2.24, 2.45) is 0 Å². The van der Waals surface area contributed by atoms with Gasteiger partial charge in [0.2, 0.25) is 11.9 Å². The van der Waals surface area contributed by atoms with Gasteiger partial charge < -0.3 is 4.57 Å². The Kier molecular flexibility index (Phi) is 2.92. The lowest BCUT2D eigenvalue weighted by Crippen LogP contribution is -2.13. The van der Waals surface area contributed by atoms with Crippen molar-refractivity contribution < 1.29 is 38.4 Å². The topological polar surface area (TPSA) is 53.5 Å². The molecule has 4 aromatic heterocycles. The largest absolute Gasteiger partial charge is 0.336 e. The third-order valence-corrected chi connectivity index (χ3v) is 8.75. The molecule has 0 atom stereocenters. The van der Waals surface area contributed by atoms with Gasteiger partial charge in [0.05, 0.1) is 60.4 Å². The first-order chi connectivity index (χ1) is 37.9. The average molecular weight is 709 g/mol. The van der Waals surface area contributed by atoms with E-state index in [9.17, 15) is 8.22 Å². The molecule has 11 rings (SSSR count). The summed E-state index contributed by atoms with van der Waals surface area (Å²) >= 11 is 0. The van der Waals surface area contributed by atoms with Gasteiger partial charge in [-0.15, -0.1) is 0 Å². The molecule has 0 saturated heterocycles. The van der Waals surface area contributed by atoms with Gasteiger partial charge in [-0.25, -0.2) is 0 Å². The van der Waals surface area contributed by atoms with Gasteiger partial charge in [-0.1, -0.05) is 133 Å². The van der Waals surface area contributed by atoms with E-state index >= 15 is 0 Å². The van der Waals surface area contributed by atoms with E-state index < -0.39 is 249 Å². The zero-order chi connectivity index (χ0) is 59.2. The predicted molar refractivity (Wildman–Crippen MR) is 216 cm³/mol. The Morgan fingerprint density at radius 2 is 0.679 bits per heavy atom. The van der Waals surface area contributed by atoms with Crippen molar-refractivity contribution in [2.45, 2.75) is 13.0 Å². The minimum atomic E-state index is -0.887. The lowest BCUT2D eigenvalue weighted by Gasteiger charge is -2.15. The smallest absolute Gasteiger partial charge is 0.239 e. The highest BCUT2D eigenvalue weighted by Gasteiger charge is 2.20. The second-order valence-corrected chi connectivity index (χ2v) is 11.6. The van der Waals surface area contributed by atoms with Crippen LogP contribution in [0.2, 0.25) is 0 Å². The SMILES string of the molecule is [2H]c1c([2H])c([2H])c(Cn2c3c([2H])c([2H])c([2H])c([2H])c3c3c([2H])c([2H])c([2H])c([2H])c32)c(Cc2nc(-n3c4c([2H])c([2H])c([2H])c([2H])c4c4c([2H])c([2H])c([2H])c([2H])c43)nc(-n3c4c([2H])c([2H])c([2H])c([2H])c4c4c([2H])c([2H])c([2H])c([2H])c43)n2)c1[2H]. The summed E-state index contributed by atoms with van der Waals surface area (Å²) in [6.45, 7) is -0.820. The molecule has 6 heteroatoms. The number of nitrogens with zero attached hydrogens (tertiary/aromatic N) is 6. The minimum absolute atomic E-state index is 0.346. The van der Waals surface area contributed by atoms with Crippen LogP contribution < -0.4 is 0 Å². The Morgan fingerprint density at radius 3 is 1.09 bits per heavy atom. The van der Waals surface area contributed by atoms with E-state index in [0.29, 0.717) is 0 Å². The number of hydrogen-bond acceptors (Lipinski definition) is 3. The van der Waals surface area contributed by atoms with Crippen molar-refractivity contribution in [1.82, 2.24) is 28.7 Å². The molecule has 250 valence electrons. The van der Waals surface area contributed by atoms with Gasteiger partial charge in [0.15, 0.2) is 0 Å². The Bertz CT molecular complexity index is 4400. The molecule has 53 heavy (non-hydrogen) atoms. The van der Waals surface area contributed by atoms with Crippen molar-refractivity contribution >= 4 is 65.4 Å². The second-order valence-electron chi connectivity index (χ2n) is 11.6. The standard InChI is InChI=1S/C47H32N6/c1-2-16-32(30-51-39-23-9-3-17-33(39)34-18-4-10-24-40(34)51)31(15-1)29-45-48-46(52-41-25-11-5-19-35(41)36-20-6-12-26-42(36)52)50-47(49-45)53-43-27-13-7-21-37(43)38-22-8-14-28-44(38)53/h1-28H,29-30H2/i1D,2D,3D,4D,5D,6D,7D,8D,9D,10D,11D,12D,13D,14D,15D,16D,17D,18D,19D,20D,21D,22D,23D,24D,25D,26D,27D,28D. The highest BCUT2D eigenvalue weighted by molar-refractivity contribution is 6.10. The van der Waals surface area contributed by atoms with Crippen molar-refractivity contribution in [3.8, 4) is 11.9 Å². The van der Waals surface area contributed by atoms with Gasteiger partial charge in [0, 0.05) is 56.3 Å². The van der Waals surface area contributed by atoms with E-state index in [0.717, 1.165) is 13.7 Å². The van der Waals surface area contributed by atoms with Gasteiger partial charge in [-0.05, 0) is 47.4 Å². The molecular formula is C47H32N6. The highest BCUT2D eigenvalue weighted by atomic mass is 15.3. The number of aromatic nitrogens is 6. The first-order valence-electron chi connectivity index (χ1n) is 29.8. The van der Waals surface area contributed by atoms with Crippen LogP contribution in [0.4, 0.5) is 0 Å². The van der Waals surface area contributed by atoms with Crippen LogP contribution in [-0.2, 0) is 13.0 Å². The Balaban J connectivity index is 1.32. The maximum absolute atomic E-state index is 9.39. The maximum Gasteiger partial charge on any atom is 0.239 e. The molecule has 0 fully saturated rings. The fourth-order valence-corrected chi connectivity index (χ4v) is 6.53. The van der Waals surface area contributed by atoms with E-state index in [4.69, 9.17) is 30.2 Å². The van der Waals surface area contributed by atoms with Crippen LogP contribution in [0.5, 0.6) is 0 Å². The molecule has 6 nitrogen and oxygen atoms in total. The van der Waals surface area contributed by atoms with Gasteiger partial charge >= 0.3 is 0 Å². The van der Waals surface area contributed by atoms with Gasteiger partial charge in [-0.2, -0.15) is 15.0 Å². The third-order valence-electron chi connectivity index (χ3n) is 8.75. The van der Waals surface area contributed by atoms with Crippen molar-refractivity contribution in [2.75, 3.05) is 0 Å². The van der Waals surface area contributed by atoms with Crippen molar-refractivity contribution in [3.05, 3.63) is 186 Å². The quantitative estimate of drug-likeness (QED) is 0.173. The van der Waals surface area contributed by atoms with E-state index in [2.05, 4.69) is 15.0 Å². The number of hydrogen-bond donors (Lipinski definition) is 0. The molecule has 7 aromatic carbocycles. The third kappa shape index (κ3) is 4.62. The second kappa shape index (κ2) is 11.8. The van der Waals surface area contributed by atoms with Crippen molar-refractivity contribution in [1.29, 1.82) is 0 Å². The van der Waals surface area contributed by atoms with Crippen LogP contribution >= 0.6 is 0 Å². The fraction of sp³-hybridized carbons (Fsp3) is 0.0426. The van der Waals surface area contributed by atoms with Gasteiger partial charge in [-0.3, -0.25) is 9.13 Å². The number of fused-ring (bicyclic) bond motifs is 9. The molecule has 0 aliphatic carbocycles. The van der Waals surface area contributed by atoms with Crippen LogP contribution in [0.1, 0.15) is 55.3 Å². The number of benzene rings is 7. The fourth-order valence-electron chi connectivity index (χ4n) is 6.53. The summed E-state index contributed by atoms with van der Waals surface area (Å²) in [6.07, 6.45) is -0.887. The normalized spacial score (nSPS) is 19.3. The minimum Gasteiger partial charge on any atom is -0.336 e. The van der Waals surface area contributed by atoms with E-state index in [1.165, 1.54) is 0 Å². The molecule has 0 aliphatic heterocycles. The molecule has 0 unspecified atom stereocenters. The first kappa shape index (κ1) is 13.2. The van der Waals surface area contributed by atoms with Gasteiger partial charge in [0.25, 0.3) is 0 Å². The molecule has 0 radical (unpaired) electrons. The van der Waals surface area contributed by atoms with Crippen LogP contribution in [0.3, 0.4) is 0 Å².